The van der Waals surface area contributed by atoms with Crippen LogP contribution in [0.4, 0.5) is 0 Å². The van der Waals surface area contributed by atoms with Crippen LogP contribution in [0.5, 0.6) is 0 Å². The van der Waals surface area contributed by atoms with Crippen molar-refractivity contribution in [3.63, 3.8) is 0 Å². The van der Waals surface area contributed by atoms with Crippen molar-refractivity contribution in [3.05, 3.63) is 34.9 Å². The fourth-order valence-electron chi connectivity index (χ4n) is 1.16. The van der Waals surface area contributed by atoms with E-state index in [1.165, 1.54) is 0 Å². The van der Waals surface area contributed by atoms with Crippen LogP contribution >= 0.6 is 23.8 Å². The van der Waals surface area contributed by atoms with Crippen LogP contribution in [0.25, 0.3) is 0 Å². The molecule has 0 saturated carbocycles. The van der Waals surface area contributed by atoms with E-state index >= 15 is 0 Å². The minimum atomic E-state index is 0.500. The molecular formula is C11H14ClN3S. The third kappa shape index (κ3) is 3.79. The van der Waals surface area contributed by atoms with Gasteiger partial charge in [-0.1, -0.05) is 30.7 Å². The predicted molar refractivity (Wildman–Crippen MR) is 73.1 cm³/mol. The molecule has 0 bridgehead atoms. The molecule has 0 saturated heterocycles. The van der Waals surface area contributed by atoms with E-state index in [9.17, 15) is 0 Å². The van der Waals surface area contributed by atoms with Gasteiger partial charge in [0.25, 0.3) is 0 Å². The first-order valence-electron chi connectivity index (χ1n) is 4.97. The quantitative estimate of drug-likeness (QED) is 0.495. The van der Waals surface area contributed by atoms with Gasteiger partial charge in [0, 0.05) is 12.1 Å². The van der Waals surface area contributed by atoms with Crippen LogP contribution < -0.4 is 10.7 Å². The summed E-state index contributed by atoms with van der Waals surface area (Å²) in [7, 11) is 1.75. The molecule has 0 amide bonds. The average Bonchev–Trinajstić information content (AvgIpc) is 2.31. The van der Waals surface area contributed by atoms with Crippen molar-refractivity contribution in [2.45, 2.75) is 13.3 Å². The topological polar surface area (TPSA) is 36.4 Å². The maximum Gasteiger partial charge on any atom is 0.186 e. The summed E-state index contributed by atoms with van der Waals surface area (Å²) in [5.41, 5.74) is 4.75. The lowest BCUT2D eigenvalue weighted by Gasteiger charge is -2.06. The molecule has 0 fully saturated rings. The molecule has 0 aliphatic rings. The van der Waals surface area contributed by atoms with Gasteiger partial charge in [0.1, 0.15) is 0 Å². The highest BCUT2D eigenvalue weighted by Gasteiger charge is 2.01. The maximum absolute atomic E-state index is 5.82. The third-order valence-electron chi connectivity index (χ3n) is 2.03. The van der Waals surface area contributed by atoms with Crippen molar-refractivity contribution < 1.29 is 0 Å². The van der Waals surface area contributed by atoms with E-state index in [1.54, 1.807) is 7.05 Å². The summed E-state index contributed by atoms with van der Waals surface area (Å²) >= 11 is 10.8. The van der Waals surface area contributed by atoms with Gasteiger partial charge < -0.3 is 5.32 Å². The number of halogens is 1. The second-order valence-corrected chi connectivity index (χ2v) is 3.95. The normalized spacial score (nSPS) is 11.1. The zero-order valence-corrected chi connectivity index (χ0v) is 10.8. The monoisotopic (exact) mass is 255 g/mol. The van der Waals surface area contributed by atoms with Crippen LogP contribution in [0.15, 0.2) is 29.4 Å². The third-order valence-corrected chi connectivity index (χ3v) is 2.58. The molecule has 3 nitrogen and oxygen atoms in total. The molecule has 0 heterocycles. The van der Waals surface area contributed by atoms with Crippen molar-refractivity contribution >= 4 is 34.6 Å². The summed E-state index contributed by atoms with van der Waals surface area (Å²) in [6.07, 6.45) is 0.820. The highest BCUT2D eigenvalue weighted by molar-refractivity contribution is 7.80. The lowest BCUT2D eigenvalue weighted by Crippen LogP contribution is -2.29. The summed E-state index contributed by atoms with van der Waals surface area (Å²) in [4.78, 5) is 0. The molecule has 0 unspecified atom stereocenters. The Bertz CT molecular complexity index is 387. The van der Waals surface area contributed by atoms with E-state index in [1.807, 2.05) is 31.2 Å². The van der Waals surface area contributed by atoms with Crippen molar-refractivity contribution in [1.29, 1.82) is 0 Å². The smallest absolute Gasteiger partial charge is 0.186 e. The van der Waals surface area contributed by atoms with Crippen molar-refractivity contribution in [2.75, 3.05) is 7.05 Å². The molecule has 1 rings (SSSR count). The standard InChI is InChI=1S/C11H14ClN3S/c1-3-10(14-15-11(16)13-2)8-4-6-9(12)7-5-8/h4-7H,3H2,1-2H3,(H2,13,15,16)/b14-10+. The Morgan fingerprint density at radius 1 is 1.38 bits per heavy atom. The number of hydrogen-bond acceptors (Lipinski definition) is 2. The molecule has 0 spiro atoms. The van der Waals surface area contributed by atoms with Crippen LogP contribution in [0.2, 0.25) is 5.02 Å². The number of hydrazone groups is 1. The molecule has 1 aromatic rings. The second kappa shape index (κ2) is 6.45. The average molecular weight is 256 g/mol. The summed E-state index contributed by atoms with van der Waals surface area (Å²) in [6.45, 7) is 2.04. The minimum Gasteiger partial charge on any atom is -0.364 e. The predicted octanol–water partition coefficient (Wildman–Crippen LogP) is 2.55. The Labute approximate surface area is 106 Å². The molecule has 0 aliphatic carbocycles. The van der Waals surface area contributed by atoms with E-state index < -0.39 is 0 Å². The van der Waals surface area contributed by atoms with Gasteiger partial charge in [0.05, 0.1) is 5.71 Å². The Balaban J connectivity index is 2.81. The first-order valence-corrected chi connectivity index (χ1v) is 5.76. The van der Waals surface area contributed by atoms with Gasteiger partial charge in [0.2, 0.25) is 0 Å². The van der Waals surface area contributed by atoms with Gasteiger partial charge in [-0.05, 0) is 36.3 Å². The van der Waals surface area contributed by atoms with E-state index in [-0.39, 0.29) is 0 Å². The van der Waals surface area contributed by atoms with Crippen LogP contribution in [0.3, 0.4) is 0 Å². The molecular weight excluding hydrogens is 242 g/mol. The molecule has 5 heteroatoms. The summed E-state index contributed by atoms with van der Waals surface area (Å²) in [5, 5.41) is 8.25. The van der Waals surface area contributed by atoms with Crippen molar-refractivity contribution in [1.82, 2.24) is 10.7 Å². The molecule has 1 aromatic carbocycles. The highest BCUT2D eigenvalue weighted by atomic mass is 35.5. The molecule has 0 aliphatic heterocycles. The number of benzene rings is 1. The van der Waals surface area contributed by atoms with Crippen molar-refractivity contribution in [2.24, 2.45) is 5.10 Å². The van der Waals surface area contributed by atoms with Crippen LogP contribution in [-0.4, -0.2) is 17.9 Å². The maximum atomic E-state index is 5.82. The molecule has 0 aromatic heterocycles. The van der Waals surface area contributed by atoms with Gasteiger partial charge >= 0.3 is 0 Å². The first-order chi connectivity index (χ1) is 7.67. The van der Waals surface area contributed by atoms with Gasteiger partial charge in [-0.2, -0.15) is 5.10 Å². The molecule has 0 atom stereocenters. The molecule has 16 heavy (non-hydrogen) atoms. The van der Waals surface area contributed by atoms with Crippen LogP contribution in [0.1, 0.15) is 18.9 Å². The number of thiocarbonyl (C=S) groups is 1. The first kappa shape index (κ1) is 12.9. The van der Waals surface area contributed by atoms with Crippen molar-refractivity contribution in [3.8, 4) is 0 Å². The number of nitrogens with one attached hydrogen (secondary N) is 2. The number of rotatable bonds is 3. The molecule has 2 N–H and O–H groups in total. The lowest BCUT2D eigenvalue weighted by molar-refractivity contribution is 0.965. The van der Waals surface area contributed by atoms with Gasteiger partial charge in [-0.3, -0.25) is 5.43 Å². The second-order valence-electron chi connectivity index (χ2n) is 3.11. The van der Waals surface area contributed by atoms with Crippen LogP contribution in [0, 0.1) is 0 Å². The Hall–Kier alpha value is -1.13. The summed E-state index contributed by atoms with van der Waals surface area (Å²) in [6, 6.07) is 7.57. The minimum absolute atomic E-state index is 0.500. The van der Waals surface area contributed by atoms with E-state index in [2.05, 4.69) is 15.8 Å². The summed E-state index contributed by atoms with van der Waals surface area (Å²) < 4.78 is 0. The largest absolute Gasteiger partial charge is 0.364 e. The molecule has 0 radical (unpaired) electrons. The fourth-order valence-corrected chi connectivity index (χ4v) is 1.34. The zero-order chi connectivity index (χ0) is 12.0. The van der Waals surface area contributed by atoms with E-state index in [4.69, 9.17) is 23.8 Å². The lowest BCUT2D eigenvalue weighted by atomic mass is 10.1. The zero-order valence-electron chi connectivity index (χ0n) is 9.25. The molecule has 86 valence electrons. The highest BCUT2D eigenvalue weighted by Crippen LogP contribution is 2.11. The SMILES string of the molecule is CC/C(=N\NC(=S)NC)c1ccc(Cl)cc1. The summed E-state index contributed by atoms with van der Waals surface area (Å²) in [5.74, 6) is 0. The van der Waals surface area contributed by atoms with Gasteiger partial charge in [0.15, 0.2) is 5.11 Å². The Kier molecular flexibility index (Phi) is 5.22. The van der Waals surface area contributed by atoms with Gasteiger partial charge in [-0.15, -0.1) is 0 Å². The van der Waals surface area contributed by atoms with E-state index in [0.717, 1.165) is 22.7 Å². The van der Waals surface area contributed by atoms with E-state index in [0.29, 0.717) is 5.11 Å². The number of nitrogens with zero attached hydrogens (tertiary/aromatic N) is 1. The van der Waals surface area contributed by atoms with Gasteiger partial charge in [-0.25, -0.2) is 0 Å². The number of hydrogen-bond donors (Lipinski definition) is 2. The fraction of sp³-hybridized carbons (Fsp3) is 0.273. The Morgan fingerprint density at radius 3 is 2.50 bits per heavy atom. The van der Waals surface area contributed by atoms with Crippen LogP contribution in [-0.2, 0) is 0 Å². The Morgan fingerprint density at radius 2 is 2.00 bits per heavy atom.